The summed E-state index contributed by atoms with van der Waals surface area (Å²) in [6, 6.07) is 1.82. The first-order valence-electron chi connectivity index (χ1n) is 13.4. The highest BCUT2D eigenvalue weighted by atomic mass is 16.7. The first-order valence-corrected chi connectivity index (χ1v) is 13.4. The molecule has 38 heavy (non-hydrogen) atoms. The maximum atomic E-state index is 13.4. The smallest absolute Gasteiger partial charge is 0.339 e. The van der Waals surface area contributed by atoms with Gasteiger partial charge in [-0.15, -0.1) is 0 Å². The first-order chi connectivity index (χ1) is 17.9. The fraction of sp³-hybridized carbons (Fsp3) is 0.714. The van der Waals surface area contributed by atoms with Crippen LogP contribution < -0.4 is 0 Å². The number of rotatable bonds is 2. The van der Waals surface area contributed by atoms with Gasteiger partial charge in [0.25, 0.3) is 0 Å². The number of esters is 2. The Morgan fingerprint density at radius 1 is 1.08 bits per heavy atom. The Bertz CT molecular complexity index is 1270. The molecule has 9 atom stereocenters. The monoisotopic (exact) mass is 527 g/mol. The van der Waals surface area contributed by atoms with E-state index in [1.807, 2.05) is 19.9 Å². The van der Waals surface area contributed by atoms with E-state index in [1.165, 1.54) is 6.92 Å². The van der Waals surface area contributed by atoms with Gasteiger partial charge in [-0.3, -0.25) is 4.79 Å². The lowest BCUT2D eigenvalue weighted by atomic mass is 9.37. The van der Waals surface area contributed by atoms with Crippen molar-refractivity contribution in [1.82, 2.24) is 0 Å². The van der Waals surface area contributed by atoms with E-state index in [-0.39, 0.29) is 36.9 Å². The minimum atomic E-state index is -0.961. The van der Waals surface area contributed by atoms with Crippen molar-refractivity contribution in [2.24, 2.45) is 33.2 Å². The zero-order valence-electron chi connectivity index (χ0n) is 22.3. The van der Waals surface area contributed by atoms with E-state index in [0.717, 1.165) is 12.0 Å². The van der Waals surface area contributed by atoms with Crippen LogP contribution in [0.15, 0.2) is 28.2 Å². The summed E-state index contributed by atoms with van der Waals surface area (Å²) < 4.78 is 30.3. The number of furan rings is 1. The molecule has 0 aromatic carbocycles. The molecule has 7 rings (SSSR count). The minimum absolute atomic E-state index is 0.0429. The third kappa shape index (κ3) is 2.61. The summed E-state index contributed by atoms with van der Waals surface area (Å²) in [6.07, 6.45) is 3.57. The molecule has 0 N–H and O–H groups in total. The van der Waals surface area contributed by atoms with E-state index in [4.69, 9.17) is 28.2 Å². The van der Waals surface area contributed by atoms with E-state index >= 15 is 0 Å². The van der Waals surface area contributed by atoms with Gasteiger partial charge in [-0.2, -0.15) is 0 Å². The molecule has 6 aliphatic rings. The molecule has 0 radical (unpaired) electrons. The predicted octanol–water partition coefficient (Wildman–Crippen LogP) is 3.49. The van der Waals surface area contributed by atoms with Gasteiger partial charge in [-0.05, 0) is 45.1 Å². The van der Waals surface area contributed by atoms with Crippen molar-refractivity contribution >= 4 is 23.6 Å². The average Bonchev–Trinajstić information content (AvgIpc) is 3.33. The van der Waals surface area contributed by atoms with Crippen molar-refractivity contribution in [3.8, 4) is 0 Å². The molecule has 2 spiro atoms. The molecule has 0 bridgehead atoms. The Kier molecular flexibility index (Phi) is 4.65. The summed E-state index contributed by atoms with van der Waals surface area (Å²) in [5, 5.41) is 4.47. The highest BCUT2D eigenvalue weighted by Crippen LogP contribution is 2.80. The minimum Gasteiger partial charge on any atom is -0.472 e. The van der Waals surface area contributed by atoms with E-state index in [9.17, 15) is 14.4 Å². The number of epoxide rings is 1. The van der Waals surface area contributed by atoms with Crippen LogP contribution in [-0.2, 0) is 38.2 Å². The second-order valence-corrected chi connectivity index (χ2v) is 12.9. The summed E-state index contributed by atoms with van der Waals surface area (Å²) >= 11 is 0. The van der Waals surface area contributed by atoms with Gasteiger partial charge in [0, 0.05) is 34.7 Å². The van der Waals surface area contributed by atoms with E-state index in [0.29, 0.717) is 18.6 Å². The van der Waals surface area contributed by atoms with Crippen LogP contribution in [0.2, 0.25) is 0 Å². The number of hydrogen-bond donors (Lipinski definition) is 0. The fourth-order valence-corrected chi connectivity index (χ4v) is 9.61. The first kappa shape index (κ1) is 24.3. The van der Waals surface area contributed by atoms with Gasteiger partial charge in [0.2, 0.25) is 0 Å². The van der Waals surface area contributed by atoms with Crippen LogP contribution in [0.3, 0.4) is 0 Å². The maximum Gasteiger partial charge on any atom is 0.339 e. The number of cyclic esters (lactones) is 2. The number of ether oxygens (including phenoxy) is 4. The third-order valence-electron chi connectivity index (χ3n) is 11.1. The molecule has 1 aromatic rings. The van der Waals surface area contributed by atoms with E-state index in [1.54, 1.807) is 12.5 Å². The number of carbonyl (C=O) groups excluding carboxylic acids is 3. The predicted molar refractivity (Wildman–Crippen MR) is 128 cm³/mol. The SMILES string of the molecule is CC(=O)O/N=C1\C[C@H]2C(C)(C)O[C@H]3CC(=O)OC[C@]32[C@H]2CC[C@@]3(C)[C@@H](c4ccoc4)OC(=O)[C@H]4O[C@]43[C@]12C. The van der Waals surface area contributed by atoms with Gasteiger partial charge in [-0.1, -0.05) is 19.0 Å². The molecule has 204 valence electrons. The van der Waals surface area contributed by atoms with Crippen molar-refractivity contribution in [1.29, 1.82) is 0 Å². The summed E-state index contributed by atoms with van der Waals surface area (Å²) in [5.74, 6) is -1.36. The molecule has 4 aliphatic heterocycles. The van der Waals surface area contributed by atoms with Gasteiger partial charge in [0.15, 0.2) is 6.10 Å². The Morgan fingerprint density at radius 2 is 1.87 bits per heavy atom. The van der Waals surface area contributed by atoms with Crippen LogP contribution in [0, 0.1) is 28.1 Å². The molecule has 2 saturated carbocycles. The highest BCUT2D eigenvalue weighted by Gasteiger charge is 2.89. The molecule has 0 unspecified atom stereocenters. The summed E-state index contributed by atoms with van der Waals surface area (Å²) in [5.41, 5.74) is -2.02. The van der Waals surface area contributed by atoms with Gasteiger partial charge >= 0.3 is 17.9 Å². The molecule has 10 heteroatoms. The van der Waals surface area contributed by atoms with Crippen LogP contribution in [0.4, 0.5) is 0 Å². The molecule has 6 fully saturated rings. The molecule has 1 aromatic heterocycles. The number of nitrogens with zero attached hydrogens (tertiary/aromatic N) is 1. The number of hydrogen-bond acceptors (Lipinski definition) is 10. The van der Waals surface area contributed by atoms with Gasteiger partial charge < -0.3 is 28.2 Å². The fourth-order valence-electron chi connectivity index (χ4n) is 9.61. The second-order valence-electron chi connectivity index (χ2n) is 12.9. The molecule has 5 heterocycles. The molecule has 4 saturated heterocycles. The van der Waals surface area contributed by atoms with Crippen molar-refractivity contribution in [3.63, 3.8) is 0 Å². The zero-order chi connectivity index (χ0) is 26.9. The standard InChI is InChI=1S/C28H33NO9/c1-14(30)38-29-18-10-17-24(2,3)36-19-11-20(31)34-13-27(17,19)16-6-8-25(4)21(15-7-9-33-12-15)35-23(32)22-28(25,37-22)26(16,18)5/h7,9,12,16-17,19,21-22H,6,8,10-11,13H2,1-5H3/b29-18+/t16-,17-,19-,21+,22+,25-,26-,27+,28+/m0/s1. The van der Waals surface area contributed by atoms with E-state index in [2.05, 4.69) is 19.0 Å². The van der Waals surface area contributed by atoms with Gasteiger partial charge in [0.05, 0.1) is 36.4 Å². The normalized spacial score (nSPS) is 49.0. The highest BCUT2D eigenvalue weighted by molar-refractivity contribution is 5.97. The number of oxime groups is 1. The third-order valence-corrected chi connectivity index (χ3v) is 11.1. The number of fused-ring (bicyclic) bond motifs is 1. The molecule has 0 amide bonds. The van der Waals surface area contributed by atoms with Crippen LogP contribution in [0.5, 0.6) is 0 Å². The molecular weight excluding hydrogens is 494 g/mol. The Labute approximate surface area is 220 Å². The largest absolute Gasteiger partial charge is 0.472 e. The topological polar surface area (TPSA) is 126 Å². The lowest BCUT2D eigenvalue weighted by Gasteiger charge is -2.65. The second kappa shape index (κ2) is 7.27. The summed E-state index contributed by atoms with van der Waals surface area (Å²) in [6.45, 7) is 9.84. The lowest BCUT2D eigenvalue weighted by molar-refractivity contribution is -0.209. The summed E-state index contributed by atoms with van der Waals surface area (Å²) in [4.78, 5) is 43.1. The van der Waals surface area contributed by atoms with Crippen molar-refractivity contribution in [2.45, 2.75) is 89.8 Å². The molecular formula is C28H33NO9. The molecule has 2 aliphatic carbocycles. The number of carbonyl (C=O) groups is 3. The average molecular weight is 528 g/mol. The quantitative estimate of drug-likeness (QED) is 0.246. The Hall–Kier alpha value is -2.72. The van der Waals surface area contributed by atoms with Crippen molar-refractivity contribution < 1.29 is 42.6 Å². The van der Waals surface area contributed by atoms with Crippen LogP contribution >= 0.6 is 0 Å². The van der Waals surface area contributed by atoms with Crippen LogP contribution in [0.1, 0.15) is 72.0 Å². The van der Waals surface area contributed by atoms with Gasteiger partial charge in [-0.25, -0.2) is 9.59 Å². The summed E-state index contributed by atoms with van der Waals surface area (Å²) in [7, 11) is 0. The van der Waals surface area contributed by atoms with Crippen LogP contribution in [0.25, 0.3) is 0 Å². The van der Waals surface area contributed by atoms with E-state index < -0.39 is 51.6 Å². The lowest BCUT2D eigenvalue weighted by Crippen LogP contribution is -2.72. The van der Waals surface area contributed by atoms with Crippen LogP contribution in [-0.4, -0.2) is 53.6 Å². The maximum absolute atomic E-state index is 13.4. The molecule has 10 nitrogen and oxygen atoms in total. The van der Waals surface area contributed by atoms with Crippen molar-refractivity contribution in [3.05, 3.63) is 24.2 Å². The Balaban J connectivity index is 1.44. The van der Waals surface area contributed by atoms with Gasteiger partial charge in [0.1, 0.15) is 18.3 Å². The Morgan fingerprint density at radius 3 is 2.58 bits per heavy atom. The van der Waals surface area contributed by atoms with Crippen molar-refractivity contribution in [2.75, 3.05) is 6.61 Å². The zero-order valence-corrected chi connectivity index (χ0v) is 22.3.